The lowest BCUT2D eigenvalue weighted by Gasteiger charge is -2.44. The van der Waals surface area contributed by atoms with Crippen LogP contribution in [0.15, 0.2) is 41.5 Å². The fourth-order valence-corrected chi connectivity index (χ4v) is 6.13. The number of hydrogen-bond acceptors (Lipinski definition) is 8. The molecule has 5 rings (SSSR count). The van der Waals surface area contributed by atoms with Crippen LogP contribution in [0.4, 0.5) is 29.7 Å². The van der Waals surface area contributed by atoms with Gasteiger partial charge in [0.2, 0.25) is 5.56 Å². The Labute approximate surface area is 244 Å². The maximum Gasteiger partial charge on any atom is 0.264 e. The fraction of sp³-hybridized carbons (Fsp3) is 0.379. The van der Waals surface area contributed by atoms with E-state index in [1.165, 1.54) is 23.6 Å². The van der Waals surface area contributed by atoms with Crippen LogP contribution in [0.5, 0.6) is 0 Å². The number of H-pyrrole nitrogens is 1. The largest absolute Gasteiger partial charge is 0.367 e. The summed E-state index contributed by atoms with van der Waals surface area (Å²) in [5.74, 6) is -1.33. The second kappa shape index (κ2) is 12.0. The number of rotatable bonds is 6. The van der Waals surface area contributed by atoms with E-state index in [0.29, 0.717) is 59.9 Å². The van der Waals surface area contributed by atoms with Crippen molar-refractivity contribution >= 4 is 39.3 Å². The van der Waals surface area contributed by atoms with Crippen LogP contribution >= 0.6 is 11.3 Å². The number of nitrogens with one attached hydrogen (secondary N) is 2. The number of carbonyl (C=O) groups is 1. The van der Waals surface area contributed by atoms with Gasteiger partial charge in [0.1, 0.15) is 16.8 Å². The molecule has 2 aromatic heterocycles. The van der Waals surface area contributed by atoms with Crippen molar-refractivity contribution in [2.45, 2.75) is 38.8 Å². The molecule has 2 aliphatic rings. The average Bonchev–Trinajstić information content (AvgIpc) is 3.46. The molecule has 0 bridgehead atoms. The SMILES string of the molecule is CC1CN(c2cc(F)c(C3=CCCN(c4ncc(C#N)s4)C3)cc2NC(=O)c2c[nH]c(=O)cc2C(F)F)C[C@H](C)N1C. The quantitative estimate of drug-likeness (QED) is 0.418. The number of benzene rings is 1. The van der Waals surface area contributed by atoms with Gasteiger partial charge >= 0.3 is 0 Å². The molecule has 2 N–H and O–H groups in total. The first-order chi connectivity index (χ1) is 20.0. The van der Waals surface area contributed by atoms with Crippen molar-refractivity contribution in [3.63, 3.8) is 0 Å². The Balaban J connectivity index is 1.54. The van der Waals surface area contributed by atoms with Crippen molar-refractivity contribution < 1.29 is 18.0 Å². The zero-order chi connectivity index (χ0) is 30.1. The number of nitrogens with zero attached hydrogens (tertiary/aromatic N) is 5. The Morgan fingerprint density at radius 3 is 2.62 bits per heavy atom. The van der Waals surface area contributed by atoms with Crippen LogP contribution in [-0.2, 0) is 0 Å². The Hall–Kier alpha value is -4.15. The van der Waals surface area contributed by atoms with Gasteiger partial charge < -0.3 is 20.1 Å². The van der Waals surface area contributed by atoms with Gasteiger partial charge in [-0.3, -0.25) is 14.5 Å². The van der Waals surface area contributed by atoms with Crippen molar-refractivity contribution in [1.29, 1.82) is 5.26 Å². The monoisotopic (exact) mass is 597 g/mol. The molecule has 1 unspecified atom stereocenters. The molecular weight excluding hydrogens is 567 g/mol. The Morgan fingerprint density at radius 1 is 1.21 bits per heavy atom. The number of aromatic amines is 1. The molecule has 0 radical (unpaired) electrons. The molecule has 13 heteroatoms. The summed E-state index contributed by atoms with van der Waals surface area (Å²) < 4.78 is 43.4. The van der Waals surface area contributed by atoms with Crippen LogP contribution in [0.1, 0.15) is 53.1 Å². The van der Waals surface area contributed by atoms with Gasteiger partial charge in [0, 0.05) is 61.7 Å². The van der Waals surface area contributed by atoms with E-state index in [0.717, 1.165) is 6.20 Å². The molecule has 0 saturated carbocycles. The molecule has 0 spiro atoms. The number of anilines is 3. The lowest BCUT2D eigenvalue weighted by Crippen LogP contribution is -2.55. The summed E-state index contributed by atoms with van der Waals surface area (Å²) in [5, 5.41) is 12.6. The number of pyridine rings is 1. The zero-order valence-corrected chi connectivity index (χ0v) is 24.1. The minimum atomic E-state index is -3.04. The van der Waals surface area contributed by atoms with E-state index in [9.17, 15) is 23.6 Å². The van der Waals surface area contributed by atoms with Crippen molar-refractivity contribution in [2.75, 3.05) is 48.3 Å². The van der Waals surface area contributed by atoms with Crippen molar-refractivity contribution in [2.24, 2.45) is 0 Å². The first-order valence-electron chi connectivity index (χ1n) is 13.5. The summed E-state index contributed by atoms with van der Waals surface area (Å²) in [6.45, 7) is 6.21. The van der Waals surface area contributed by atoms with Gasteiger partial charge in [0.15, 0.2) is 5.13 Å². The van der Waals surface area contributed by atoms with E-state index >= 15 is 4.39 Å². The number of alkyl halides is 2. The first kappa shape index (κ1) is 29.3. The third kappa shape index (κ3) is 5.91. The topological polar surface area (TPSA) is 108 Å². The zero-order valence-electron chi connectivity index (χ0n) is 23.3. The number of aromatic nitrogens is 2. The molecule has 2 atom stereocenters. The highest BCUT2D eigenvalue weighted by Crippen LogP contribution is 2.37. The second-order valence-electron chi connectivity index (χ2n) is 10.6. The highest BCUT2D eigenvalue weighted by molar-refractivity contribution is 7.16. The second-order valence-corrected chi connectivity index (χ2v) is 11.6. The van der Waals surface area contributed by atoms with Gasteiger partial charge in [0.25, 0.3) is 12.3 Å². The number of thiazole rings is 1. The number of amides is 1. The Morgan fingerprint density at radius 2 is 1.95 bits per heavy atom. The van der Waals surface area contributed by atoms with Crippen LogP contribution in [0.3, 0.4) is 0 Å². The predicted molar refractivity (Wildman–Crippen MR) is 157 cm³/mol. The summed E-state index contributed by atoms with van der Waals surface area (Å²) in [5.41, 5.74) is -0.164. The van der Waals surface area contributed by atoms with E-state index in [4.69, 9.17) is 0 Å². The third-order valence-corrected chi connectivity index (χ3v) is 8.80. The average molecular weight is 598 g/mol. The van der Waals surface area contributed by atoms with Gasteiger partial charge in [-0.1, -0.05) is 17.4 Å². The van der Waals surface area contributed by atoms with Crippen LogP contribution in [0.25, 0.3) is 5.57 Å². The number of carbonyl (C=O) groups excluding carboxylic acids is 1. The summed E-state index contributed by atoms with van der Waals surface area (Å²) in [4.78, 5) is 38.3. The third-order valence-electron chi connectivity index (χ3n) is 7.84. The van der Waals surface area contributed by atoms with E-state index in [1.54, 1.807) is 6.07 Å². The smallest absolute Gasteiger partial charge is 0.264 e. The predicted octanol–water partition coefficient (Wildman–Crippen LogP) is 4.85. The summed E-state index contributed by atoms with van der Waals surface area (Å²) >= 11 is 1.25. The molecule has 0 aliphatic carbocycles. The van der Waals surface area contributed by atoms with Crippen LogP contribution < -0.4 is 20.7 Å². The van der Waals surface area contributed by atoms with Crippen molar-refractivity contribution in [3.05, 3.63) is 74.4 Å². The van der Waals surface area contributed by atoms with E-state index in [-0.39, 0.29) is 28.9 Å². The molecule has 1 amide bonds. The van der Waals surface area contributed by atoms with Crippen molar-refractivity contribution in [1.82, 2.24) is 14.9 Å². The first-order valence-corrected chi connectivity index (χ1v) is 14.3. The van der Waals surface area contributed by atoms with Crippen LogP contribution in [0.2, 0.25) is 0 Å². The molecule has 4 heterocycles. The van der Waals surface area contributed by atoms with E-state index < -0.39 is 29.3 Å². The Kier molecular flexibility index (Phi) is 8.38. The highest BCUT2D eigenvalue weighted by Gasteiger charge is 2.30. The maximum atomic E-state index is 15.9. The Bertz CT molecular complexity index is 1620. The normalized spacial score (nSPS) is 19.5. The summed E-state index contributed by atoms with van der Waals surface area (Å²) in [7, 11) is 2.02. The van der Waals surface area contributed by atoms with E-state index in [1.807, 2.05) is 22.9 Å². The van der Waals surface area contributed by atoms with Gasteiger partial charge in [-0.25, -0.2) is 18.2 Å². The molecule has 1 fully saturated rings. The standard InChI is InChI=1S/C29H30F3N7O2S/c1-16-13-39(14-17(2)37(16)3)25-9-23(30)20(18-5-4-6-38(15-18)29-35-11-19(10-33)42-29)7-24(25)36-28(41)22-12-34-26(40)8-21(22)27(31)32/h5,7-9,11-12,16-17,27H,4,6,13-15H2,1-3H3,(H,34,40)(H,36,41)/t16-,17?/m0/s1. The molecule has 220 valence electrons. The van der Waals surface area contributed by atoms with Crippen LogP contribution in [-0.4, -0.2) is 66.1 Å². The number of halogens is 3. The van der Waals surface area contributed by atoms with Gasteiger partial charge in [-0.15, -0.1) is 0 Å². The number of hydrogen-bond donors (Lipinski definition) is 2. The fourth-order valence-electron chi connectivity index (χ4n) is 5.39. The minimum Gasteiger partial charge on any atom is -0.367 e. The molecule has 3 aromatic rings. The van der Waals surface area contributed by atoms with Crippen LogP contribution in [0, 0.1) is 17.1 Å². The number of likely N-dealkylation sites (N-methyl/N-ethyl adjacent to an activating group) is 1. The number of piperazine rings is 1. The molecule has 9 nitrogen and oxygen atoms in total. The highest BCUT2D eigenvalue weighted by atomic mass is 32.1. The summed E-state index contributed by atoms with van der Waals surface area (Å²) in [6.07, 6.45) is 1.97. The molecule has 42 heavy (non-hydrogen) atoms. The molecule has 1 saturated heterocycles. The lowest BCUT2D eigenvalue weighted by molar-refractivity contribution is 0.101. The maximum absolute atomic E-state index is 15.9. The van der Waals surface area contributed by atoms with Gasteiger partial charge in [-0.2, -0.15) is 5.26 Å². The molecule has 2 aliphatic heterocycles. The van der Waals surface area contributed by atoms with Crippen molar-refractivity contribution in [3.8, 4) is 6.07 Å². The minimum absolute atomic E-state index is 0.135. The molecule has 1 aromatic carbocycles. The lowest BCUT2D eigenvalue weighted by atomic mass is 9.98. The molecular formula is C29H30F3N7O2S. The van der Waals surface area contributed by atoms with E-state index in [2.05, 4.69) is 40.1 Å². The summed E-state index contributed by atoms with van der Waals surface area (Å²) in [6, 6.07) is 5.98. The van der Waals surface area contributed by atoms with Gasteiger partial charge in [0.05, 0.1) is 23.1 Å². The number of nitriles is 1. The van der Waals surface area contributed by atoms with Gasteiger partial charge in [-0.05, 0) is 45.0 Å².